The maximum atomic E-state index is 8.87. The minimum absolute atomic E-state index is 0.428. The van der Waals surface area contributed by atoms with Crippen LogP contribution in [0.15, 0.2) is 23.7 Å². The van der Waals surface area contributed by atoms with Gasteiger partial charge in [0.15, 0.2) is 0 Å². The van der Waals surface area contributed by atoms with Crippen LogP contribution in [0.3, 0.4) is 0 Å². The lowest BCUT2D eigenvalue weighted by atomic mass is 10.2. The molecule has 1 N–H and O–H groups in total. The minimum atomic E-state index is 0.428. The Hall–Kier alpha value is -1.97. The molecule has 6 heteroatoms. The van der Waals surface area contributed by atoms with Crippen molar-refractivity contribution in [3.63, 3.8) is 0 Å². The van der Waals surface area contributed by atoms with Crippen molar-refractivity contribution < 1.29 is 0 Å². The summed E-state index contributed by atoms with van der Waals surface area (Å²) >= 11 is 3.35. The largest absolute Gasteiger partial charge is 0.378 e. The van der Waals surface area contributed by atoms with Crippen molar-refractivity contribution in [2.24, 2.45) is 0 Å². The third kappa shape index (κ3) is 2.38. The third-order valence-electron chi connectivity index (χ3n) is 3.08. The second-order valence-corrected chi connectivity index (χ2v) is 6.49. The number of aromatic nitrogens is 2. The molecule has 100 valence electrons. The molecule has 3 aromatic rings. The quantitative estimate of drug-likeness (QED) is 0.797. The highest BCUT2D eigenvalue weighted by molar-refractivity contribution is 7.19. The molecule has 3 aromatic heterocycles. The van der Waals surface area contributed by atoms with Crippen molar-refractivity contribution in [2.75, 3.05) is 5.32 Å². The summed E-state index contributed by atoms with van der Waals surface area (Å²) < 4.78 is 1.08. The van der Waals surface area contributed by atoms with E-state index >= 15 is 0 Å². The van der Waals surface area contributed by atoms with Crippen LogP contribution in [0.4, 0.5) is 5.69 Å². The van der Waals surface area contributed by atoms with Gasteiger partial charge in [0.1, 0.15) is 5.52 Å². The Morgan fingerprint density at radius 2 is 2.35 bits per heavy atom. The third-order valence-corrected chi connectivity index (χ3v) is 5.27. The molecule has 0 atom stereocenters. The van der Waals surface area contributed by atoms with Crippen molar-refractivity contribution in [1.82, 2.24) is 10.2 Å². The molecule has 0 aromatic carbocycles. The van der Waals surface area contributed by atoms with Crippen LogP contribution in [0.25, 0.3) is 10.2 Å². The van der Waals surface area contributed by atoms with E-state index in [-0.39, 0.29) is 0 Å². The average Bonchev–Trinajstić information content (AvgIpc) is 3.07. The van der Waals surface area contributed by atoms with Crippen LogP contribution in [0.2, 0.25) is 0 Å². The Morgan fingerprint density at radius 3 is 3.10 bits per heavy atom. The van der Waals surface area contributed by atoms with Gasteiger partial charge in [-0.1, -0.05) is 6.07 Å². The van der Waals surface area contributed by atoms with E-state index in [2.05, 4.69) is 33.0 Å². The van der Waals surface area contributed by atoms with Crippen LogP contribution in [-0.4, -0.2) is 10.2 Å². The molecule has 0 amide bonds. The molecule has 0 bridgehead atoms. The van der Waals surface area contributed by atoms with E-state index < -0.39 is 0 Å². The van der Waals surface area contributed by atoms with Gasteiger partial charge < -0.3 is 5.32 Å². The maximum absolute atomic E-state index is 8.87. The van der Waals surface area contributed by atoms with Gasteiger partial charge in [0.25, 0.3) is 0 Å². The van der Waals surface area contributed by atoms with E-state index in [0.717, 1.165) is 32.9 Å². The van der Waals surface area contributed by atoms with Crippen LogP contribution in [0, 0.1) is 18.3 Å². The van der Waals surface area contributed by atoms with Gasteiger partial charge in [0.2, 0.25) is 0 Å². The van der Waals surface area contributed by atoms with E-state index in [4.69, 9.17) is 5.26 Å². The summed E-state index contributed by atoms with van der Waals surface area (Å²) in [6, 6.07) is 6.35. The van der Waals surface area contributed by atoms with Gasteiger partial charge in [-0.3, -0.25) is 0 Å². The molecule has 0 spiro atoms. The normalized spacial score (nSPS) is 10.6. The smallest absolute Gasteiger partial charge is 0.109 e. The number of hydrogen-bond acceptors (Lipinski definition) is 6. The Bertz CT molecular complexity index is 768. The zero-order valence-corrected chi connectivity index (χ0v) is 12.5. The van der Waals surface area contributed by atoms with Gasteiger partial charge >= 0.3 is 0 Å². The Balaban J connectivity index is 1.95. The van der Waals surface area contributed by atoms with E-state index in [1.165, 1.54) is 4.88 Å². The molecule has 0 saturated carbocycles. The zero-order chi connectivity index (χ0) is 13.9. The summed E-state index contributed by atoms with van der Waals surface area (Å²) in [5.74, 6) is 0. The Labute approximate surface area is 124 Å². The first-order chi connectivity index (χ1) is 9.79. The zero-order valence-electron chi connectivity index (χ0n) is 10.9. The van der Waals surface area contributed by atoms with E-state index in [9.17, 15) is 0 Å². The topological polar surface area (TPSA) is 61.6 Å². The van der Waals surface area contributed by atoms with Gasteiger partial charge in [0, 0.05) is 16.3 Å². The maximum Gasteiger partial charge on any atom is 0.109 e. The van der Waals surface area contributed by atoms with Crippen LogP contribution in [0.1, 0.15) is 15.3 Å². The monoisotopic (exact) mass is 300 g/mol. The molecule has 0 aliphatic heterocycles. The van der Waals surface area contributed by atoms with Gasteiger partial charge in [-0.2, -0.15) is 10.4 Å². The summed E-state index contributed by atoms with van der Waals surface area (Å²) in [6.07, 6.45) is 2.18. The summed E-state index contributed by atoms with van der Waals surface area (Å²) in [6.45, 7) is 2.78. The Morgan fingerprint density at radius 1 is 1.45 bits per heavy atom. The number of anilines is 1. The van der Waals surface area contributed by atoms with Crippen LogP contribution in [0.5, 0.6) is 0 Å². The molecular formula is C14H12N4S2. The number of thiophene rings is 2. The van der Waals surface area contributed by atoms with Crippen LogP contribution < -0.4 is 5.32 Å². The van der Waals surface area contributed by atoms with Crippen molar-refractivity contribution in [1.29, 1.82) is 5.26 Å². The molecule has 0 radical (unpaired) electrons. The van der Waals surface area contributed by atoms with Gasteiger partial charge in [-0.25, -0.2) is 0 Å². The highest BCUT2D eigenvalue weighted by atomic mass is 32.1. The SMILES string of the molecule is Cc1c(CC#N)sc2c(NCc3cccs3)cnnc12. The molecule has 3 rings (SSSR count). The lowest BCUT2D eigenvalue weighted by Crippen LogP contribution is -1.98. The standard InChI is InChI=1S/C14H12N4S2/c1-9-12(4-5-15)20-14-11(8-17-18-13(9)14)16-7-10-3-2-6-19-10/h2-3,6,8H,4,7H2,1H3,(H,16,18). The minimum Gasteiger partial charge on any atom is -0.378 e. The molecule has 0 fully saturated rings. The number of hydrogen-bond donors (Lipinski definition) is 1. The van der Waals surface area contributed by atoms with Crippen molar-refractivity contribution >= 4 is 38.6 Å². The predicted molar refractivity (Wildman–Crippen MR) is 83.1 cm³/mol. The Kier molecular flexibility index (Phi) is 3.63. The van der Waals surface area contributed by atoms with Crippen molar-refractivity contribution in [3.8, 4) is 6.07 Å². The molecular weight excluding hydrogens is 288 g/mol. The first-order valence-corrected chi connectivity index (χ1v) is 7.86. The summed E-state index contributed by atoms with van der Waals surface area (Å²) in [7, 11) is 0. The molecule has 4 nitrogen and oxygen atoms in total. The molecule has 0 aliphatic carbocycles. The second-order valence-electron chi connectivity index (χ2n) is 4.35. The fourth-order valence-electron chi connectivity index (χ4n) is 2.02. The van der Waals surface area contributed by atoms with Gasteiger partial charge in [-0.15, -0.1) is 27.8 Å². The van der Waals surface area contributed by atoms with Gasteiger partial charge in [0.05, 0.1) is 29.1 Å². The van der Waals surface area contributed by atoms with Crippen molar-refractivity contribution in [3.05, 3.63) is 39.0 Å². The predicted octanol–water partition coefficient (Wildman–Crippen LogP) is 3.74. The lowest BCUT2D eigenvalue weighted by Gasteiger charge is -2.04. The van der Waals surface area contributed by atoms with Crippen molar-refractivity contribution in [2.45, 2.75) is 19.9 Å². The molecule has 0 saturated heterocycles. The number of nitrogens with one attached hydrogen (secondary N) is 1. The number of nitrogens with zero attached hydrogens (tertiary/aromatic N) is 3. The van der Waals surface area contributed by atoms with Crippen LogP contribution >= 0.6 is 22.7 Å². The lowest BCUT2D eigenvalue weighted by molar-refractivity contribution is 1.06. The molecule has 0 unspecified atom stereocenters. The second kappa shape index (κ2) is 5.57. The van der Waals surface area contributed by atoms with Gasteiger partial charge in [-0.05, 0) is 23.9 Å². The summed E-state index contributed by atoms with van der Waals surface area (Å²) in [5.41, 5.74) is 2.95. The van der Waals surface area contributed by atoms with E-state index in [1.807, 2.05) is 13.0 Å². The molecule has 3 heterocycles. The van der Waals surface area contributed by atoms with E-state index in [1.54, 1.807) is 28.9 Å². The number of fused-ring (bicyclic) bond motifs is 1. The fraction of sp³-hybridized carbons (Fsp3) is 0.214. The molecule has 20 heavy (non-hydrogen) atoms. The first kappa shape index (κ1) is 13.0. The number of rotatable bonds is 4. The summed E-state index contributed by atoms with van der Waals surface area (Å²) in [4.78, 5) is 2.35. The number of nitriles is 1. The van der Waals surface area contributed by atoms with E-state index in [0.29, 0.717) is 6.42 Å². The highest BCUT2D eigenvalue weighted by Crippen LogP contribution is 2.34. The highest BCUT2D eigenvalue weighted by Gasteiger charge is 2.13. The first-order valence-electron chi connectivity index (χ1n) is 6.16. The molecule has 0 aliphatic rings. The summed E-state index contributed by atoms with van der Waals surface area (Å²) in [5, 5.41) is 22.6. The fourth-order valence-corrected chi connectivity index (χ4v) is 3.82. The van der Waals surface area contributed by atoms with Crippen LogP contribution in [-0.2, 0) is 13.0 Å². The number of aryl methyl sites for hydroxylation is 1. The average molecular weight is 300 g/mol.